The van der Waals surface area contributed by atoms with Crippen LogP contribution in [0.1, 0.15) is 29.2 Å². The molecule has 7 nitrogen and oxygen atoms in total. The zero-order valence-corrected chi connectivity index (χ0v) is 22.8. The maximum absolute atomic E-state index is 13.3. The lowest BCUT2D eigenvalue weighted by Gasteiger charge is -2.27. The van der Waals surface area contributed by atoms with E-state index in [0.717, 1.165) is 16.0 Å². The average molecular weight is 584 g/mol. The molecule has 0 radical (unpaired) electrons. The van der Waals surface area contributed by atoms with Gasteiger partial charge >= 0.3 is 6.03 Å². The van der Waals surface area contributed by atoms with Gasteiger partial charge < -0.3 is 9.47 Å². The molecular weight excluding hydrogens is 560 g/mol. The van der Waals surface area contributed by atoms with Crippen LogP contribution in [-0.2, 0) is 16.2 Å². The third-order valence-electron chi connectivity index (χ3n) is 5.66. The second kappa shape index (κ2) is 11.2. The second-order valence-corrected chi connectivity index (χ2v) is 9.72. The van der Waals surface area contributed by atoms with Crippen molar-refractivity contribution in [3.8, 4) is 11.5 Å². The zero-order valence-electron chi connectivity index (χ0n) is 20.4. The molecule has 0 saturated carbocycles. The summed E-state index contributed by atoms with van der Waals surface area (Å²) in [5.41, 5.74) is 3.40. The van der Waals surface area contributed by atoms with Crippen LogP contribution < -0.4 is 19.7 Å². The van der Waals surface area contributed by atoms with Crippen molar-refractivity contribution >= 4 is 57.1 Å². The summed E-state index contributed by atoms with van der Waals surface area (Å²) >= 11 is 9.62. The standard InChI is InChI=1S/C28H24BrClN2O5/c1-4-36-24-13-19(12-22(29)25(24)37-15-18-8-5-16(2)6-9-18)11-21-26(33)31-28(35)32(27(21)34)23-14-20(30)10-7-17(23)3/h5-14H,4,15H2,1-3H3,(H,31,33,35)/b21-11+. The number of barbiturate groups is 1. The Labute approximate surface area is 228 Å². The van der Waals surface area contributed by atoms with Gasteiger partial charge in [-0.15, -0.1) is 0 Å². The number of nitrogens with zero attached hydrogens (tertiary/aromatic N) is 1. The first-order valence-corrected chi connectivity index (χ1v) is 12.7. The molecule has 3 aromatic rings. The predicted molar refractivity (Wildman–Crippen MR) is 146 cm³/mol. The average Bonchev–Trinajstić information content (AvgIpc) is 2.84. The molecule has 0 spiro atoms. The topological polar surface area (TPSA) is 84.9 Å². The molecule has 1 heterocycles. The summed E-state index contributed by atoms with van der Waals surface area (Å²) in [7, 11) is 0. The summed E-state index contributed by atoms with van der Waals surface area (Å²) < 4.78 is 12.4. The van der Waals surface area contributed by atoms with Crippen LogP contribution in [0.5, 0.6) is 11.5 Å². The zero-order chi connectivity index (χ0) is 26.7. The van der Waals surface area contributed by atoms with Crippen molar-refractivity contribution in [2.75, 3.05) is 11.5 Å². The monoisotopic (exact) mass is 582 g/mol. The van der Waals surface area contributed by atoms with Crippen molar-refractivity contribution < 1.29 is 23.9 Å². The molecule has 3 aromatic carbocycles. The SMILES string of the molecule is CCOc1cc(/C=C2\C(=O)NC(=O)N(c3cc(Cl)ccc3C)C2=O)cc(Br)c1OCc1ccc(C)cc1. The molecule has 1 fully saturated rings. The number of imide groups is 2. The highest BCUT2D eigenvalue weighted by Crippen LogP contribution is 2.38. The number of benzene rings is 3. The summed E-state index contributed by atoms with van der Waals surface area (Å²) in [6.07, 6.45) is 1.41. The maximum atomic E-state index is 13.3. The van der Waals surface area contributed by atoms with Crippen LogP contribution in [0.4, 0.5) is 10.5 Å². The summed E-state index contributed by atoms with van der Waals surface area (Å²) in [4.78, 5) is 39.5. The van der Waals surface area contributed by atoms with Gasteiger partial charge in [0.25, 0.3) is 11.8 Å². The molecule has 1 aliphatic heterocycles. The van der Waals surface area contributed by atoms with Crippen LogP contribution in [0.25, 0.3) is 6.08 Å². The molecule has 4 rings (SSSR count). The molecule has 1 N–H and O–H groups in total. The normalized spacial score (nSPS) is 14.7. The smallest absolute Gasteiger partial charge is 0.335 e. The van der Waals surface area contributed by atoms with Crippen molar-refractivity contribution in [2.24, 2.45) is 0 Å². The van der Waals surface area contributed by atoms with E-state index in [0.29, 0.717) is 51.0 Å². The van der Waals surface area contributed by atoms with Crippen LogP contribution >= 0.6 is 27.5 Å². The van der Waals surface area contributed by atoms with Gasteiger partial charge in [-0.25, -0.2) is 9.69 Å². The largest absolute Gasteiger partial charge is 0.490 e. The number of hydrogen-bond donors (Lipinski definition) is 1. The number of aryl methyl sites for hydroxylation is 2. The van der Waals surface area contributed by atoms with Crippen molar-refractivity contribution in [3.05, 3.63) is 91.9 Å². The van der Waals surface area contributed by atoms with Crippen LogP contribution in [0.15, 0.2) is 64.6 Å². The molecule has 9 heteroatoms. The molecule has 1 aliphatic rings. The van der Waals surface area contributed by atoms with Gasteiger partial charge in [0.2, 0.25) is 0 Å². The van der Waals surface area contributed by atoms with Gasteiger partial charge in [-0.1, -0.05) is 47.5 Å². The Morgan fingerprint density at radius 1 is 1.00 bits per heavy atom. The number of rotatable bonds is 7. The molecule has 4 amide bonds. The van der Waals surface area contributed by atoms with E-state index in [1.165, 1.54) is 12.1 Å². The maximum Gasteiger partial charge on any atom is 0.335 e. The molecule has 0 atom stereocenters. The van der Waals surface area contributed by atoms with Crippen LogP contribution in [0, 0.1) is 13.8 Å². The number of urea groups is 1. The molecular formula is C28H24BrClN2O5. The number of anilines is 1. The highest BCUT2D eigenvalue weighted by atomic mass is 79.9. The number of carbonyl (C=O) groups excluding carboxylic acids is 3. The number of halogens is 2. The Morgan fingerprint density at radius 3 is 2.43 bits per heavy atom. The summed E-state index contributed by atoms with van der Waals surface area (Å²) in [5.74, 6) is -0.610. The van der Waals surface area contributed by atoms with Gasteiger partial charge in [-0.05, 0) is 83.7 Å². The lowest BCUT2D eigenvalue weighted by molar-refractivity contribution is -0.122. The van der Waals surface area contributed by atoms with Crippen LogP contribution in [-0.4, -0.2) is 24.5 Å². The van der Waals surface area contributed by atoms with Gasteiger partial charge in [-0.3, -0.25) is 14.9 Å². The predicted octanol–water partition coefficient (Wildman–Crippen LogP) is 6.36. The Balaban J connectivity index is 1.67. The van der Waals surface area contributed by atoms with E-state index in [1.807, 2.05) is 38.1 Å². The molecule has 190 valence electrons. The highest BCUT2D eigenvalue weighted by molar-refractivity contribution is 9.10. The third kappa shape index (κ3) is 5.87. The molecule has 1 saturated heterocycles. The number of amides is 4. The highest BCUT2D eigenvalue weighted by Gasteiger charge is 2.37. The lowest BCUT2D eigenvalue weighted by atomic mass is 10.1. The Kier molecular flexibility index (Phi) is 8.00. The van der Waals surface area contributed by atoms with Gasteiger partial charge in [0.15, 0.2) is 11.5 Å². The molecule has 0 aliphatic carbocycles. The van der Waals surface area contributed by atoms with Gasteiger partial charge in [0, 0.05) is 5.02 Å². The fourth-order valence-electron chi connectivity index (χ4n) is 3.78. The van der Waals surface area contributed by atoms with Crippen molar-refractivity contribution in [2.45, 2.75) is 27.4 Å². The molecule has 37 heavy (non-hydrogen) atoms. The number of hydrogen-bond acceptors (Lipinski definition) is 5. The van der Waals surface area contributed by atoms with E-state index in [4.69, 9.17) is 21.1 Å². The third-order valence-corrected chi connectivity index (χ3v) is 6.48. The number of nitrogens with one attached hydrogen (secondary N) is 1. The number of carbonyl (C=O) groups is 3. The van der Waals surface area contributed by atoms with E-state index in [-0.39, 0.29) is 5.57 Å². The van der Waals surface area contributed by atoms with Crippen molar-refractivity contribution in [3.63, 3.8) is 0 Å². The Morgan fingerprint density at radius 2 is 1.73 bits per heavy atom. The summed E-state index contributed by atoms with van der Waals surface area (Å²) in [5, 5.41) is 2.59. The van der Waals surface area contributed by atoms with Crippen molar-refractivity contribution in [1.29, 1.82) is 0 Å². The first-order valence-electron chi connectivity index (χ1n) is 11.5. The minimum absolute atomic E-state index is 0.207. The van der Waals surface area contributed by atoms with E-state index >= 15 is 0 Å². The first-order chi connectivity index (χ1) is 17.7. The van der Waals surface area contributed by atoms with E-state index in [2.05, 4.69) is 21.2 Å². The molecule has 0 bridgehead atoms. The Bertz CT molecular complexity index is 1420. The van der Waals surface area contributed by atoms with Crippen LogP contribution in [0.3, 0.4) is 0 Å². The minimum Gasteiger partial charge on any atom is -0.490 e. The number of ether oxygens (including phenoxy) is 2. The minimum atomic E-state index is -0.839. The van der Waals surface area contributed by atoms with E-state index < -0.39 is 17.8 Å². The molecule has 0 aromatic heterocycles. The quantitative estimate of drug-likeness (QED) is 0.258. The summed E-state index contributed by atoms with van der Waals surface area (Å²) in [6, 6.07) is 15.4. The first kappa shape index (κ1) is 26.4. The van der Waals surface area contributed by atoms with Crippen molar-refractivity contribution in [1.82, 2.24) is 5.32 Å². The second-order valence-electron chi connectivity index (χ2n) is 8.43. The molecule has 0 unspecified atom stereocenters. The summed E-state index contributed by atoms with van der Waals surface area (Å²) in [6.45, 7) is 6.31. The van der Waals surface area contributed by atoms with Crippen LogP contribution in [0.2, 0.25) is 5.02 Å². The van der Waals surface area contributed by atoms with E-state index in [1.54, 1.807) is 31.2 Å². The Hall–Kier alpha value is -3.62. The van der Waals surface area contributed by atoms with E-state index in [9.17, 15) is 14.4 Å². The van der Waals surface area contributed by atoms with Gasteiger partial charge in [0.05, 0.1) is 16.8 Å². The van der Waals surface area contributed by atoms with Gasteiger partial charge in [0.1, 0.15) is 12.2 Å². The fraction of sp³-hybridized carbons (Fsp3) is 0.179. The fourth-order valence-corrected chi connectivity index (χ4v) is 4.52. The van der Waals surface area contributed by atoms with Gasteiger partial charge in [-0.2, -0.15) is 0 Å². The lowest BCUT2D eigenvalue weighted by Crippen LogP contribution is -2.54.